The first-order valence-electron chi connectivity index (χ1n) is 5.28. The van der Waals surface area contributed by atoms with Gasteiger partial charge in [-0.05, 0) is 32.4 Å². The van der Waals surface area contributed by atoms with E-state index in [2.05, 4.69) is 10.1 Å². The number of aromatic nitrogens is 2. The lowest BCUT2D eigenvalue weighted by atomic mass is 10.1. The van der Waals surface area contributed by atoms with Crippen molar-refractivity contribution in [2.24, 2.45) is 5.73 Å². The zero-order valence-electron chi connectivity index (χ0n) is 9.99. The van der Waals surface area contributed by atoms with Crippen molar-refractivity contribution in [2.45, 2.75) is 26.3 Å². The maximum atomic E-state index is 6.19. The highest BCUT2D eigenvalue weighted by Gasteiger charge is 2.22. The summed E-state index contributed by atoms with van der Waals surface area (Å²) in [6.07, 6.45) is 0. The van der Waals surface area contributed by atoms with Crippen molar-refractivity contribution in [2.75, 3.05) is 0 Å². The van der Waals surface area contributed by atoms with Crippen LogP contribution in [0.4, 0.5) is 0 Å². The van der Waals surface area contributed by atoms with Gasteiger partial charge in [0, 0.05) is 0 Å². The average Bonchev–Trinajstić information content (AvgIpc) is 2.70. The first-order valence-corrected chi connectivity index (χ1v) is 5.66. The van der Waals surface area contributed by atoms with Crippen LogP contribution in [0.1, 0.15) is 25.2 Å². The molecule has 2 rings (SSSR count). The molecular formula is C12H14ClN3O. The van der Waals surface area contributed by atoms with Gasteiger partial charge in [-0.2, -0.15) is 4.98 Å². The smallest absolute Gasteiger partial charge is 0.259 e. The number of aryl methyl sites for hydroxylation is 1. The molecule has 0 saturated heterocycles. The molecule has 0 aliphatic carbocycles. The summed E-state index contributed by atoms with van der Waals surface area (Å²) in [5.41, 5.74) is 6.97. The van der Waals surface area contributed by atoms with E-state index >= 15 is 0 Å². The molecule has 2 aromatic rings. The lowest BCUT2D eigenvalue weighted by Crippen LogP contribution is -2.30. The number of nitrogens with two attached hydrogens (primary N) is 1. The van der Waals surface area contributed by atoms with E-state index in [0.29, 0.717) is 16.7 Å². The Morgan fingerprint density at radius 3 is 2.65 bits per heavy atom. The number of hydrogen-bond acceptors (Lipinski definition) is 4. The predicted octanol–water partition coefficient (Wildman–Crippen LogP) is 2.89. The Morgan fingerprint density at radius 1 is 1.35 bits per heavy atom. The summed E-state index contributed by atoms with van der Waals surface area (Å²) in [6.45, 7) is 5.56. The number of benzene rings is 1. The molecule has 4 nitrogen and oxygen atoms in total. The molecule has 0 unspecified atom stereocenters. The van der Waals surface area contributed by atoms with Crippen molar-refractivity contribution in [3.63, 3.8) is 0 Å². The van der Waals surface area contributed by atoms with Gasteiger partial charge in [0.2, 0.25) is 0 Å². The second kappa shape index (κ2) is 4.13. The second-order valence-electron chi connectivity index (χ2n) is 4.58. The summed E-state index contributed by atoms with van der Waals surface area (Å²) in [6, 6.07) is 5.67. The van der Waals surface area contributed by atoms with E-state index in [1.807, 2.05) is 39.0 Å². The third-order valence-electron chi connectivity index (χ3n) is 2.42. The van der Waals surface area contributed by atoms with Crippen molar-refractivity contribution < 1.29 is 4.52 Å². The summed E-state index contributed by atoms with van der Waals surface area (Å²) in [5.74, 6) is 0.859. The molecule has 1 aromatic heterocycles. The lowest BCUT2D eigenvalue weighted by molar-refractivity contribution is 0.397. The van der Waals surface area contributed by atoms with Gasteiger partial charge in [-0.3, -0.25) is 0 Å². The van der Waals surface area contributed by atoms with Gasteiger partial charge in [0.05, 0.1) is 16.1 Å². The summed E-state index contributed by atoms with van der Waals surface area (Å²) in [5, 5.41) is 4.49. The molecule has 0 bridgehead atoms. The van der Waals surface area contributed by atoms with Crippen LogP contribution in [0.5, 0.6) is 0 Å². The monoisotopic (exact) mass is 251 g/mol. The van der Waals surface area contributed by atoms with E-state index in [4.69, 9.17) is 21.9 Å². The average molecular weight is 252 g/mol. The Balaban J connectivity index is 2.48. The Morgan fingerprint density at radius 2 is 2.06 bits per heavy atom. The summed E-state index contributed by atoms with van der Waals surface area (Å²) >= 11 is 6.19. The topological polar surface area (TPSA) is 64.9 Å². The van der Waals surface area contributed by atoms with E-state index < -0.39 is 5.54 Å². The van der Waals surface area contributed by atoms with Crippen molar-refractivity contribution in [3.8, 4) is 11.5 Å². The molecule has 90 valence electrons. The van der Waals surface area contributed by atoms with E-state index in [-0.39, 0.29) is 0 Å². The molecule has 0 fully saturated rings. The Bertz CT molecular complexity index is 543. The van der Waals surface area contributed by atoms with Gasteiger partial charge in [0.1, 0.15) is 0 Å². The molecule has 0 saturated carbocycles. The zero-order valence-corrected chi connectivity index (χ0v) is 10.7. The minimum absolute atomic E-state index is 0.396. The summed E-state index contributed by atoms with van der Waals surface area (Å²) < 4.78 is 5.19. The molecule has 0 aliphatic heterocycles. The van der Waals surface area contributed by atoms with Gasteiger partial charge in [-0.25, -0.2) is 0 Å². The number of hydrogen-bond donors (Lipinski definition) is 1. The molecule has 5 heteroatoms. The molecule has 0 amide bonds. The van der Waals surface area contributed by atoms with E-state index in [1.54, 1.807) is 0 Å². The van der Waals surface area contributed by atoms with Crippen LogP contribution < -0.4 is 5.73 Å². The van der Waals surface area contributed by atoms with Crippen molar-refractivity contribution in [1.29, 1.82) is 0 Å². The SMILES string of the molecule is Cc1cccc(-c2nc(C(C)(C)N)no2)c1Cl. The predicted molar refractivity (Wildman–Crippen MR) is 66.7 cm³/mol. The van der Waals surface area contributed by atoms with E-state index in [1.165, 1.54) is 0 Å². The fourth-order valence-electron chi connectivity index (χ4n) is 1.41. The van der Waals surface area contributed by atoms with E-state index in [0.717, 1.165) is 11.1 Å². The van der Waals surface area contributed by atoms with Gasteiger partial charge in [-0.1, -0.05) is 28.9 Å². The third kappa shape index (κ3) is 2.33. The maximum Gasteiger partial charge on any atom is 0.259 e. The van der Waals surface area contributed by atoms with Crippen molar-refractivity contribution in [1.82, 2.24) is 10.1 Å². The van der Waals surface area contributed by atoms with Crippen LogP contribution in [-0.4, -0.2) is 10.1 Å². The molecule has 0 radical (unpaired) electrons. The lowest BCUT2D eigenvalue weighted by Gasteiger charge is -2.11. The van der Waals surface area contributed by atoms with Crippen LogP contribution in [0.15, 0.2) is 22.7 Å². The van der Waals surface area contributed by atoms with Crippen molar-refractivity contribution in [3.05, 3.63) is 34.6 Å². The Labute approximate surface area is 105 Å². The molecule has 1 aromatic carbocycles. The van der Waals surface area contributed by atoms with Gasteiger partial charge < -0.3 is 10.3 Å². The molecular weight excluding hydrogens is 238 g/mol. The van der Waals surface area contributed by atoms with Crippen LogP contribution >= 0.6 is 11.6 Å². The highest BCUT2D eigenvalue weighted by Crippen LogP contribution is 2.29. The Hall–Kier alpha value is -1.39. The number of halogens is 1. The van der Waals surface area contributed by atoms with Crippen LogP contribution in [0, 0.1) is 6.92 Å². The van der Waals surface area contributed by atoms with E-state index in [9.17, 15) is 0 Å². The summed E-state index contributed by atoms with van der Waals surface area (Å²) in [7, 11) is 0. The van der Waals surface area contributed by atoms with Gasteiger partial charge in [0.25, 0.3) is 5.89 Å². The zero-order chi connectivity index (χ0) is 12.6. The first kappa shape index (κ1) is 12.1. The van der Waals surface area contributed by atoms with Crippen LogP contribution in [0.3, 0.4) is 0 Å². The van der Waals surface area contributed by atoms with Crippen LogP contribution in [0.2, 0.25) is 5.02 Å². The number of rotatable bonds is 2. The standard InChI is InChI=1S/C12H14ClN3O/c1-7-5-4-6-8(9(7)13)10-15-11(16-17-10)12(2,3)14/h4-6H,14H2,1-3H3. The minimum atomic E-state index is -0.627. The normalized spacial score (nSPS) is 11.8. The summed E-state index contributed by atoms with van der Waals surface area (Å²) in [4.78, 5) is 4.27. The largest absolute Gasteiger partial charge is 0.334 e. The van der Waals surface area contributed by atoms with Gasteiger partial charge in [0.15, 0.2) is 5.82 Å². The van der Waals surface area contributed by atoms with Gasteiger partial charge in [-0.15, -0.1) is 0 Å². The fraction of sp³-hybridized carbons (Fsp3) is 0.333. The maximum absolute atomic E-state index is 6.19. The van der Waals surface area contributed by atoms with Crippen LogP contribution in [-0.2, 0) is 5.54 Å². The quantitative estimate of drug-likeness (QED) is 0.891. The third-order valence-corrected chi connectivity index (χ3v) is 2.93. The molecule has 1 heterocycles. The molecule has 0 aliphatic rings. The molecule has 2 N–H and O–H groups in total. The van der Waals surface area contributed by atoms with Gasteiger partial charge >= 0.3 is 0 Å². The Kier molecular flexibility index (Phi) is 2.93. The van der Waals surface area contributed by atoms with Crippen LogP contribution in [0.25, 0.3) is 11.5 Å². The molecule has 17 heavy (non-hydrogen) atoms. The fourth-order valence-corrected chi connectivity index (χ4v) is 1.61. The highest BCUT2D eigenvalue weighted by molar-refractivity contribution is 6.33. The van der Waals surface area contributed by atoms with Crippen molar-refractivity contribution >= 4 is 11.6 Å². The second-order valence-corrected chi connectivity index (χ2v) is 4.96. The first-order chi connectivity index (χ1) is 7.89. The minimum Gasteiger partial charge on any atom is -0.334 e. The molecule has 0 atom stereocenters. The molecule has 0 spiro atoms. The number of nitrogens with zero attached hydrogens (tertiary/aromatic N) is 2. The highest BCUT2D eigenvalue weighted by atomic mass is 35.5.